The number of nitrogens with one attached hydrogen (secondary N) is 1. The highest BCUT2D eigenvalue weighted by molar-refractivity contribution is 6.06. The number of hydrogen-bond donors (Lipinski definition) is 2. The molecular formula is C19H21N3O3. The van der Waals surface area contributed by atoms with E-state index in [0.29, 0.717) is 24.0 Å². The predicted molar refractivity (Wildman–Crippen MR) is 94.3 cm³/mol. The topological polar surface area (TPSA) is 86.3 Å². The summed E-state index contributed by atoms with van der Waals surface area (Å²) in [5, 5.41) is 14.9. The second-order valence-corrected chi connectivity index (χ2v) is 6.61. The summed E-state index contributed by atoms with van der Waals surface area (Å²) in [6, 6.07) is 5.63. The molecule has 0 spiro atoms. The number of rotatable bonds is 3. The van der Waals surface area contributed by atoms with E-state index in [9.17, 15) is 4.79 Å². The molecule has 4 heterocycles. The van der Waals surface area contributed by atoms with Gasteiger partial charge in [-0.25, -0.2) is 0 Å². The maximum absolute atomic E-state index is 12.7. The molecular weight excluding hydrogens is 318 g/mol. The molecule has 6 nitrogen and oxygen atoms in total. The number of benzene rings is 1. The van der Waals surface area contributed by atoms with Crippen molar-refractivity contribution in [2.45, 2.75) is 19.3 Å². The van der Waals surface area contributed by atoms with Gasteiger partial charge in [-0.2, -0.15) is 5.10 Å². The number of terminal acetylenes is 1. The summed E-state index contributed by atoms with van der Waals surface area (Å²) in [6.45, 7) is 3.22. The monoisotopic (exact) mass is 339 g/mol. The number of nitrogens with zero attached hydrogens (tertiary/aromatic N) is 2. The van der Waals surface area contributed by atoms with Crippen LogP contribution < -0.4 is 0 Å². The first-order valence-electron chi connectivity index (χ1n) is 8.44. The molecule has 0 saturated carbocycles. The van der Waals surface area contributed by atoms with Crippen LogP contribution >= 0.6 is 0 Å². The number of H-pyrrole nitrogens is 1. The highest BCUT2D eigenvalue weighted by Crippen LogP contribution is 2.35. The minimum absolute atomic E-state index is 0.138. The first-order chi connectivity index (χ1) is 12.2. The zero-order chi connectivity index (χ0) is 17.8. The standard InChI is InChI=1S/C18H19N3O.CH2O2/c1-2-12-3-4-16-15(9-12)18(20-19-16)17(22)10-14-11-21-7-5-13(14)6-8-21;2-1-3/h1,3-4,9,13-14H,5-8,10-11H2,(H,19,20);1H,(H,2,3)/t14-;/m0./s1. The molecule has 130 valence electrons. The van der Waals surface area contributed by atoms with Crippen molar-refractivity contribution in [3.8, 4) is 12.3 Å². The molecule has 25 heavy (non-hydrogen) atoms. The van der Waals surface area contributed by atoms with E-state index < -0.39 is 0 Å². The largest absolute Gasteiger partial charge is 0.483 e. The van der Waals surface area contributed by atoms with Crippen molar-refractivity contribution in [1.82, 2.24) is 15.1 Å². The summed E-state index contributed by atoms with van der Waals surface area (Å²) in [4.78, 5) is 23.6. The Labute approximate surface area is 146 Å². The third kappa shape index (κ3) is 3.57. The van der Waals surface area contributed by atoms with Crippen LogP contribution in [0.5, 0.6) is 0 Å². The SMILES string of the molecule is C#Cc1ccc2[nH]nc(C(=O)C[C@H]3CN4CCC3CC4)c2c1.O=CO. The Bertz CT molecular complexity index is 813. The van der Waals surface area contributed by atoms with Crippen LogP contribution in [0.3, 0.4) is 0 Å². The molecule has 0 unspecified atom stereocenters. The van der Waals surface area contributed by atoms with Gasteiger partial charge in [0, 0.05) is 23.9 Å². The molecule has 3 aliphatic rings. The Kier molecular flexibility index (Phi) is 5.15. The van der Waals surface area contributed by atoms with Gasteiger partial charge >= 0.3 is 0 Å². The highest BCUT2D eigenvalue weighted by Gasteiger charge is 2.35. The van der Waals surface area contributed by atoms with E-state index in [2.05, 4.69) is 21.0 Å². The third-order valence-corrected chi connectivity index (χ3v) is 5.23. The van der Waals surface area contributed by atoms with Crippen LogP contribution in [0.15, 0.2) is 18.2 Å². The number of carboxylic acid groups (broad SMARTS) is 1. The van der Waals surface area contributed by atoms with Gasteiger partial charge in [-0.05, 0) is 56.0 Å². The predicted octanol–water partition coefficient (Wildman–Crippen LogP) is 2.16. The van der Waals surface area contributed by atoms with Crippen molar-refractivity contribution in [2.24, 2.45) is 11.8 Å². The summed E-state index contributed by atoms with van der Waals surface area (Å²) in [5.41, 5.74) is 2.20. The number of ketones is 1. The van der Waals surface area contributed by atoms with Gasteiger partial charge < -0.3 is 10.0 Å². The van der Waals surface area contributed by atoms with Gasteiger partial charge in [0.25, 0.3) is 6.47 Å². The lowest BCUT2D eigenvalue weighted by molar-refractivity contribution is -0.122. The fourth-order valence-electron chi connectivity index (χ4n) is 3.97. The zero-order valence-corrected chi connectivity index (χ0v) is 13.9. The number of hydrogen-bond acceptors (Lipinski definition) is 4. The number of aromatic amines is 1. The number of carbonyl (C=O) groups is 2. The summed E-state index contributed by atoms with van der Waals surface area (Å²) >= 11 is 0. The number of Topliss-reactive ketones (excluding diaryl/α,β-unsaturated/α-hetero) is 1. The molecule has 3 fully saturated rings. The molecule has 1 aromatic heterocycles. The molecule has 2 bridgehead atoms. The van der Waals surface area contributed by atoms with Crippen LogP contribution in [0.2, 0.25) is 0 Å². The molecule has 1 aromatic carbocycles. The lowest BCUT2D eigenvalue weighted by Gasteiger charge is -2.44. The van der Waals surface area contributed by atoms with E-state index in [4.69, 9.17) is 16.3 Å². The van der Waals surface area contributed by atoms with E-state index in [-0.39, 0.29) is 12.3 Å². The molecule has 0 amide bonds. The van der Waals surface area contributed by atoms with Crippen LogP contribution in [0.1, 0.15) is 35.3 Å². The fraction of sp³-hybridized carbons (Fsp3) is 0.421. The molecule has 3 saturated heterocycles. The van der Waals surface area contributed by atoms with Crippen LogP contribution in [0.25, 0.3) is 10.9 Å². The Morgan fingerprint density at radius 2 is 2.16 bits per heavy atom. The van der Waals surface area contributed by atoms with Gasteiger partial charge in [0.15, 0.2) is 5.78 Å². The smallest absolute Gasteiger partial charge is 0.290 e. The zero-order valence-electron chi connectivity index (χ0n) is 13.9. The first-order valence-corrected chi connectivity index (χ1v) is 8.44. The molecule has 0 radical (unpaired) electrons. The van der Waals surface area contributed by atoms with Gasteiger partial charge in [-0.1, -0.05) is 5.92 Å². The lowest BCUT2D eigenvalue weighted by Crippen LogP contribution is -2.47. The number of aromatic nitrogens is 2. The Morgan fingerprint density at radius 1 is 1.44 bits per heavy atom. The maximum Gasteiger partial charge on any atom is 0.290 e. The van der Waals surface area contributed by atoms with Crippen molar-refractivity contribution < 1.29 is 14.7 Å². The van der Waals surface area contributed by atoms with Gasteiger partial charge in [-0.3, -0.25) is 14.7 Å². The Morgan fingerprint density at radius 3 is 2.76 bits per heavy atom. The van der Waals surface area contributed by atoms with E-state index in [1.54, 1.807) is 0 Å². The maximum atomic E-state index is 12.7. The van der Waals surface area contributed by atoms with E-state index >= 15 is 0 Å². The van der Waals surface area contributed by atoms with Crippen molar-refractivity contribution in [3.05, 3.63) is 29.5 Å². The summed E-state index contributed by atoms with van der Waals surface area (Å²) in [6.07, 6.45) is 8.53. The minimum Gasteiger partial charge on any atom is -0.483 e. The normalized spacial score (nSPS) is 24.2. The van der Waals surface area contributed by atoms with Crippen molar-refractivity contribution >= 4 is 23.2 Å². The Hall–Kier alpha value is -2.65. The molecule has 6 heteroatoms. The number of piperidine rings is 3. The number of fused-ring (bicyclic) bond motifs is 4. The van der Waals surface area contributed by atoms with E-state index in [1.807, 2.05) is 18.2 Å². The summed E-state index contributed by atoms with van der Waals surface area (Å²) < 4.78 is 0. The van der Waals surface area contributed by atoms with Crippen molar-refractivity contribution in [2.75, 3.05) is 19.6 Å². The van der Waals surface area contributed by atoms with Gasteiger partial charge in [0.05, 0.1) is 5.52 Å². The van der Waals surface area contributed by atoms with Crippen LogP contribution in [-0.2, 0) is 4.79 Å². The van der Waals surface area contributed by atoms with Crippen molar-refractivity contribution in [1.29, 1.82) is 0 Å². The van der Waals surface area contributed by atoms with Gasteiger partial charge in [0.2, 0.25) is 0 Å². The molecule has 0 aliphatic carbocycles. The van der Waals surface area contributed by atoms with Gasteiger partial charge in [0.1, 0.15) is 5.69 Å². The molecule has 5 rings (SSSR count). The number of carbonyl (C=O) groups excluding carboxylic acids is 1. The molecule has 1 atom stereocenters. The quantitative estimate of drug-likeness (QED) is 0.508. The lowest BCUT2D eigenvalue weighted by atomic mass is 9.76. The second-order valence-electron chi connectivity index (χ2n) is 6.61. The average molecular weight is 339 g/mol. The van der Waals surface area contributed by atoms with Crippen LogP contribution in [-0.4, -0.2) is 52.1 Å². The van der Waals surface area contributed by atoms with Crippen molar-refractivity contribution in [3.63, 3.8) is 0 Å². The fourth-order valence-corrected chi connectivity index (χ4v) is 3.97. The van der Waals surface area contributed by atoms with E-state index in [0.717, 1.165) is 23.0 Å². The first kappa shape index (κ1) is 17.2. The minimum atomic E-state index is -0.250. The molecule has 2 aromatic rings. The molecule has 2 N–H and O–H groups in total. The van der Waals surface area contributed by atoms with E-state index in [1.165, 1.54) is 25.9 Å². The third-order valence-electron chi connectivity index (χ3n) is 5.23. The summed E-state index contributed by atoms with van der Waals surface area (Å²) in [7, 11) is 0. The van der Waals surface area contributed by atoms with Crippen LogP contribution in [0.4, 0.5) is 0 Å². The Balaban J connectivity index is 0.000000569. The molecule has 3 aliphatic heterocycles. The average Bonchev–Trinajstić information content (AvgIpc) is 3.06. The second kappa shape index (κ2) is 7.49. The summed E-state index contributed by atoms with van der Waals surface area (Å²) in [5.74, 6) is 3.95. The van der Waals surface area contributed by atoms with Gasteiger partial charge in [-0.15, -0.1) is 6.42 Å². The van der Waals surface area contributed by atoms with Crippen LogP contribution in [0, 0.1) is 24.2 Å². The highest BCUT2D eigenvalue weighted by atomic mass is 16.3.